The topological polar surface area (TPSA) is 84.2 Å². The van der Waals surface area contributed by atoms with E-state index in [0.29, 0.717) is 22.7 Å². The number of nitrogens with one attached hydrogen (secondary N) is 2. The first-order valence-corrected chi connectivity index (χ1v) is 6.99. The fraction of sp³-hybridized carbons (Fsp3) is 0.333. The summed E-state index contributed by atoms with van der Waals surface area (Å²) in [5.74, 6) is 5.15. The summed E-state index contributed by atoms with van der Waals surface area (Å²) in [7, 11) is 0. The Kier molecular flexibility index (Phi) is 7.30. The van der Waals surface area contributed by atoms with Crippen LogP contribution in [0.1, 0.15) is 29.3 Å². The fourth-order valence-electron chi connectivity index (χ4n) is 1.58. The van der Waals surface area contributed by atoms with Crippen LogP contribution in [-0.4, -0.2) is 31.4 Å². The van der Waals surface area contributed by atoms with Gasteiger partial charge in [-0.15, -0.1) is 0 Å². The van der Waals surface area contributed by atoms with E-state index in [1.807, 2.05) is 6.92 Å². The summed E-state index contributed by atoms with van der Waals surface area (Å²) in [5.41, 5.74) is 6.34. The molecule has 0 aliphatic rings. The third-order valence-corrected chi connectivity index (χ3v) is 2.88. The molecule has 0 heterocycles. The van der Waals surface area contributed by atoms with Crippen LogP contribution in [0.2, 0.25) is 5.02 Å². The summed E-state index contributed by atoms with van der Waals surface area (Å²) in [6, 6.07) is 4.85. The second-order valence-corrected chi connectivity index (χ2v) is 4.57. The second-order valence-electron chi connectivity index (χ2n) is 4.16. The summed E-state index contributed by atoms with van der Waals surface area (Å²) in [4.78, 5) is 23.2. The summed E-state index contributed by atoms with van der Waals surface area (Å²) in [6.45, 7) is 2.94. The molecule has 0 saturated carbocycles. The Morgan fingerprint density at radius 3 is 2.71 bits per heavy atom. The molecule has 1 rings (SSSR count). The van der Waals surface area contributed by atoms with Crippen LogP contribution in [0.3, 0.4) is 0 Å². The molecule has 0 saturated heterocycles. The zero-order valence-electron chi connectivity index (χ0n) is 11.8. The number of carbonyl (C=O) groups is 2. The highest BCUT2D eigenvalue weighted by atomic mass is 35.5. The van der Waals surface area contributed by atoms with Crippen molar-refractivity contribution in [3.05, 3.63) is 34.3 Å². The standard InChI is InChI=1S/C15H18ClN3O2/c1-2-18-14(20)7-9-19-15(21)12-6-5-11(4-3-8-17)13(16)10-12/h5-6,10H,2,7-9,17H2,1H3,(H,18,20)(H,19,21). The molecule has 0 radical (unpaired) electrons. The van der Waals surface area contributed by atoms with Crippen molar-refractivity contribution in [1.29, 1.82) is 0 Å². The van der Waals surface area contributed by atoms with Crippen LogP contribution in [-0.2, 0) is 4.79 Å². The first kappa shape index (κ1) is 17.0. The molecule has 0 aromatic heterocycles. The van der Waals surface area contributed by atoms with Gasteiger partial charge >= 0.3 is 0 Å². The second kappa shape index (κ2) is 9.01. The van der Waals surface area contributed by atoms with Crippen molar-refractivity contribution in [1.82, 2.24) is 10.6 Å². The molecule has 6 heteroatoms. The van der Waals surface area contributed by atoms with Crippen molar-refractivity contribution < 1.29 is 9.59 Å². The number of halogens is 1. The van der Waals surface area contributed by atoms with Crippen molar-refractivity contribution in [3.8, 4) is 11.8 Å². The average molecular weight is 308 g/mol. The lowest BCUT2D eigenvalue weighted by molar-refractivity contribution is -0.120. The molecular weight excluding hydrogens is 290 g/mol. The smallest absolute Gasteiger partial charge is 0.251 e. The molecule has 4 N–H and O–H groups in total. The molecule has 2 amide bonds. The van der Waals surface area contributed by atoms with Gasteiger partial charge in [0.1, 0.15) is 0 Å². The predicted octanol–water partition coefficient (Wildman–Crippen LogP) is 0.906. The lowest BCUT2D eigenvalue weighted by atomic mass is 10.1. The minimum absolute atomic E-state index is 0.0942. The van der Waals surface area contributed by atoms with Crippen LogP contribution in [0, 0.1) is 11.8 Å². The minimum atomic E-state index is -0.278. The number of carbonyl (C=O) groups excluding carboxylic acids is 2. The van der Waals surface area contributed by atoms with Crippen LogP contribution in [0.25, 0.3) is 0 Å². The number of amides is 2. The highest BCUT2D eigenvalue weighted by molar-refractivity contribution is 6.32. The Morgan fingerprint density at radius 2 is 2.10 bits per heavy atom. The van der Waals surface area contributed by atoms with Crippen molar-refractivity contribution in [2.24, 2.45) is 5.73 Å². The Balaban J connectivity index is 2.59. The molecule has 5 nitrogen and oxygen atoms in total. The van der Waals surface area contributed by atoms with E-state index in [4.69, 9.17) is 17.3 Å². The van der Waals surface area contributed by atoms with Crippen LogP contribution in [0.15, 0.2) is 18.2 Å². The molecule has 1 aromatic rings. The SMILES string of the molecule is CCNC(=O)CCNC(=O)c1ccc(C#CCN)c(Cl)c1. The Bertz CT molecular complexity index is 576. The van der Waals surface area contributed by atoms with E-state index < -0.39 is 0 Å². The lowest BCUT2D eigenvalue weighted by Gasteiger charge is -2.06. The van der Waals surface area contributed by atoms with E-state index in [2.05, 4.69) is 22.5 Å². The van der Waals surface area contributed by atoms with Crippen LogP contribution >= 0.6 is 11.6 Å². The maximum atomic E-state index is 11.9. The number of nitrogens with two attached hydrogens (primary N) is 1. The molecule has 1 aromatic carbocycles. The monoisotopic (exact) mass is 307 g/mol. The number of hydrogen-bond donors (Lipinski definition) is 3. The fourth-order valence-corrected chi connectivity index (χ4v) is 1.81. The van der Waals surface area contributed by atoms with Crippen molar-refractivity contribution >= 4 is 23.4 Å². The highest BCUT2D eigenvalue weighted by Gasteiger charge is 2.08. The molecule has 0 atom stereocenters. The van der Waals surface area contributed by atoms with E-state index >= 15 is 0 Å². The van der Waals surface area contributed by atoms with Gasteiger partial charge in [0.2, 0.25) is 5.91 Å². The van der Waals surface area contributed by atoms with E-state index in [1.165, 1.54) is 0 Å². The molecule has 0 aliphatic heterocycles. The van der Waals surface area contributed by atoms with Gasteiger partial charge in [0.25, 0.3) is 5.91 Å². The number of hydrogen-bond acceptors (Lipinski definition) is 3. The predicted molar refractivity (Wildman–Crippen MR) is 83.0 cm³/mol. The van der Waals surface area contributed by atoms with Crippen molar-refractivity contribution in [2.45, 2.75) is 13.3 Å². The highest BCUT2D eigenvalue weighted by Crippen LogP contribution is 2.16. The van der Waals surface area contributed by atoms with Gasteiger partial charge in [-0.05, 0) is 25.1 Å². The van der Waals surface area contributed by atoms with Crippen LogP contribution < -0.4 is 16.4 Å². The van der Waals surface area contributed by atoms with Gasteiger partial charge in [-0.3, -0.25) is 9.59 Å². The van der Waals surface area contributed by atoms with Gasteiger partial charge < -0.3 is 16.4 Å². The van der Waals surface area contributed by atoms with Gasteiger partial charge in [0.15, 0.2) is 0 Å². The minimum Gasteiger partial charge on any atom is -0.356 e. The molecule has 112 valence electrons. The maximum absolute atomic E-state index is 11.9. The molecule has 0 aliphatic carbocycles. The zero-order valence-corrected chi connectivity index (χ0v) is 12.6. The quantitative estimate of drug-likeness (QED) is 0.707. The molecule has 0 unspecified atom stereocenters. The van der Waals surface area contributed by atoms with E-state index in [0.717, 1.165) is 0 Å². The Labute approximate surface area is 129 Å². The molecule has 0 bridgehead atoms. The average Bonchev–Trinajstić information content (AvgIpc) is 2.46. The van der Waals surface area contributed by atoms with E-state index in [9.17, 15) is 9.59 Å². The first-order valence-electron chi connectivity index (χ1n) is 6.61. The zero-order chi connectivity index (χ0) is 15.7. The third-order valence-electron chi connectivity index (χ3n) is 2.57. The van der Waals surface area contributed by atoms with E-state index in [-0.39, 0.29) is 31.3 Å². The summed E-state index contributed by atoms with van der Waals surface area (Å²) < 4.78 is 0. The number of benzene rings is 1. The lowest BCUT2D eigenvalue weighted by Crippen LogP contribution is -2.30. The number of rotatable bonds is 5. The first-order chi connectivity index (χ1) is 10.1. The van der Waals surface area contributed by atoms with Gasteiger partial charge in [-0.1, -0.05) is 23.4 Å². The maximum Gasteiger partial charge on any atom is 0.251 e. The molecular formula is C15H18ClN3O2. The van der Waals surface area contributed by atoms with Gasteiger partial charge in [-0.2, -0.15) is 0 Å². The van der Waals surface area contributed by atoms with Gasteiger partial charge in [0, 0.05) is 30.6 Å². The normalized spacial score (nSPS) is 9.48. The summed E-state index contributed by atoms with van der Waals surface area (Å²) in [6.07, 6.45) is 0.243. The van der Waals surface area contributed by atoms with Crippen molar-refractivity contribution in [2.75, 3.05) is 19.6 Å². The third kappa shape index (κ3) is 5.86. The molecule has 0 spiro atoms. The van der Waals surface area contributed by atoms with Gasteiger partial charge in [-0.25, -0.2) is 0 Å². The van der Waals surface area contributed by atoms with Crippen LogP contribution in [0.5, 0.6) is 0 Å². The van der Waals surface area contributed by atoms with Crippen molar-refractivity contribution in [3.63, 3.8) is 0 Å². The Morgan fingerprint density at radius 1 is 1.33 bits per heavy atom. The summed E-state index contributed by atoms with van der Waals surface area (Å²) >= 11 is 6.05. The van der Waals surface area contributed by atoms with E-state index in [1.54, 1.807) is 18.2 Å². The largest absolute Gasteiger partial charge is 0.356 e. The summed E-state index contributed by atoms with van der Waals surface area (Å²) in [5, 5.41) is 5.72. The van der Waals surface area contributed by atoms with Crippen LogP contribution in [0.4, 0.5) is 0 Å². The van der Waals surface area contributed by atoms with Gasteiger partial charge in [0.05, 0.1) is 11.6 Å². The Hall–Kier alpha value is -2.03. The molecule has 21 heavy (non-hydrogen) atoms. The molecule has 0 fully saturated rings.